The molecule has 0 atom stereocenters. The van der Waals surface area contributed by atoms with Gasteiger partial charge in [0.1, 0.15) is 5.75 Å². The Morgan fingerprint density at radius 3 is 2.52 bits per heavy atom. The first-order valence-electron chi connectivity index (χ1n) is 8.57. The Bertz CT molecular complexity index is 791. The predicted molar refractivity (Wildman–Crippen MR) is 106 cm³/mol. The number of methoxy groups -OCH3 is 2. The number of anilines is 1. The molecule has 7 heteroatoms. The lowest BCUT2D eigenvalue weighted by Gasteiger charge is -2.13. The van der Waals surface area contributed by atoms with Crippen molar-refractivity contribution in [1.82, 2.24) is 5.43 Å². The number of ether oxygens (including phenoxy) is 3. The van der Waals surface area contributed by atoms with Crippen molar-refractivity contribution in [2.24, 2.45) is 5.10 Å². The first-order valence-corrected chi connectivity index (χ1v) is 8.57. The molecule has 7 nitrogen and oxygen atoms in total. The van der Waals surface area contributed by atoms with Gasteiger partial charge in [-0.3, -0.25) is 4.79 Å². The Morgan fingerprint density at radius 2 is 1.81 bits per heavy atom. The molecule has 0 fully saturated rings. The molecule has 1 amide bonds. The summed E-state index contributed by atoms with van der Waals surface area (Å²) in [6.07, 6.45) is 1.59. The molecule has 0 aliphatic rings. The van der Waals surface area contributed by atoms with Crippen molar-refractivity contribution in [3.05, 3.63) is 48.0 Å². The van der Waals surface area contributed by atoms with Gasteiger partial charge in [0, 0.05) is 0 Å². The summed E-state index contributed by atoms with van der Waals surface area (Å²) in [7, 11) is 3.16. The highest BCUT2D eigenvalue weighted by molar-refractivity contribution is 5.85. The quantitative estimate of drug-likeness (QED) is 0.523. The summed E-state index contributed by atoms with van der Waals surface area (Å²) in [4.78, 5) is 11.9. The Hall–Kier alpha value is -3.22. The molecule has 0 saturated heterocycles. The lowest BCUT2D eigenvalue weighted by molar-refractivity contribution is -0.119. The Kier molecular flexibility index (Phi) is 7.49. The summed E-state index contributed by atoms with van der Waals surface area (Å²) in [5, 5.41) is 6.98. The van der Waals surface area contributed by atoms with Crippen molar-refractivity contribution in [3.63, 3.8) is 0 Å². The summed E-state index contributed by atoms with van der Waals surface area (Å²) >= 11 is 0. The number of hydrogen-bond donors (Lipinski definition) is 2. The summed E-state index contributed by atoms with van der Waals surface area (Å²) in [5.74, 6) is 1.67. The second-order valence-corrected chi connectivity index (χ2v) is 5.92. The summed E-state index contributed by atoms with van der Waals surface area (Å²) in [6, 6.07) is 12.8. The van der Waals surface area contributed by atoms with E-state index in [1.165, 1.54) is 0 Å². The van der Waals surface area contributed by atoms with Crippen LogP contribution in [0, 0.1) is 0 Å². The summed E-state index contributed by atoms with van der Waals surface area (Å²) in [6.45, 7) is 3.97. The van der Waals surface area contributed by atoms with E-state index in [2.05, 4.69) is 15.8 Å². The molecule has 0 heterocycles. The molecule has 27 heavy (non-hydrogen) atoms. The van der Waals surface area contributed by atoms with E-state index in [1.54, 1.807) is 26.5 Å². The van der Waals surface area contributed by atoms with Crippen LogP contribution in [0.2, 0.25) is 0 Å². The lowest BCUT2D eigenvalue weighted by atomic mass is 10.2. The van der Waals surface area contributed by atoms with Crippen LogP contribution in [0.1, 0.15) is 19.4 Å². The SMILES string of the molecule is COc1ccccc1NCC(=O)NN=Cc1ccc(OC(C)C)c(OC)c1. The van der Waals surface area contributed by atoms with Gasteiger partial charge in [-0.1, -0.05) is 12.1 Å². The smallest absolute Gasteiger partial charge is 0.259 e. The topological polar surface area (TPSA) is 81.2 Å². The van der Waals surface area contributed by atoms with Crippen LogP contribution in [-0.2, 0) is 4.79 Å². The molecular formula is C20H25N3O4. The highest BCUT2D eigenvalue weighted by Gasteiger charge is 2.07. The van der Waals surface area contributed by atoms with E-state index in [9.17, 15) is 4.79 Å². The molecule has 2 aromatic carbocycles. The molecule has 0 unspecified atom stereocenters. The maximum atomic E-state index is 11.9. The first-order chi connectivity index (χ1) is 13.0. The third-order valence-corrected chi connectivity index (χ3v) is 3.50. The maximum Gasteiger partial charge on any atom is 0.259 e. The minimum atomic E-state index is -0.274. The largest absolute Gasteiger partial charge is 0.495 e. The van der Waals surface area contributed by atoms with Crippen LogP contribution >= 0.6 is 0 Å². The zero-order chi connectivity index (χ0) is 19.6. The van der Waals surface area contributed by atoms with Crippen molar-refractivity contribution in [3.8, 4) is 17.2 Å². The number of carbonyl (C=O) groups excluding carboxylic acids is 1. The molecule has 2 N–H and O–H groups in total. The first kappa shape index (κ1) is 20.1. The van der Waals surface area contributed by atoms with Gasteiger partial charge in [-0.25, -0.2) is 5.43 Å². The molecule has 0 aliphatic carbocycles. The van der Waals surface area contributed by atoms with Crippen LogP contribution < -0.4 is 25.0 Å². The van der Waals surface area contributed by atoms with Crippen LogP contribution in [0.3, 0.4) is 0 Å². The van der Waals surface area contributed by atoms with Gasteiger partial charge in [-0.05, 0) is 49.7 Å². The molecule has 0 aromatic heterocycles. The predicted octanol–water partition coefficient (Wildman–Crippen LogP) is 3.05. The van der Waals surface area contributed by atoms with Crippen molar-refractivity contribution < 1.29 is 19.0 Å². The van der Waals surface area contributed by atoms with Crippen LogP contribution in [0.15, 0.2) is 47.6 Å². The van der Waals surface area contributed by atoms with Crippen LogP contribution in [0.5, 0.6) is 17.2 Å². The zero-order valence-electron chi connectivity index (χ0n) is 16.0. The number of rotatable bonds is 9. The second kappa shape index (κ2) is 10.1. The van der Waals surface area contributed by atoms with Crippen LogP contribution in [0.4, 0.5) is 5.69 Å². The van der Waals surface area contributed by atoms with Crippen molar-refractivity contribution in [2.45, 2.75) is 20.0 Å². The molecule has 0 spiro atoms. The Balaban J connectivity index is 1.90. The maximum absolute atomic E-state index is 11.9. The summed E-state index contributed by atoms with van der Waals surface area (Å²) < 4.78 is 16.2. The van der Waals surface area contributed by atoms with E-state index in [4.69, 9.17) is 14.2 Å². The number of hydrazone groups is 1. The number of benzene rings is 2. The monoisotopic (exact) mass is 371 g/mol. The average Bonchev–Trinajstić information content (AvgIpc) is 2.67. The minimum absolute atomic E-state index is 0.0495. The number of hydrogen-bond acceptors (Lipinski definition) is 6. The molecule has 0 radical (unpaired) electrons. The fourth-order valence-electron chi connectivity index (χ4n) is 2.30. The highest BCUT2D eigenvalue weighted by atomic mass is 16.5. The Labute approximate surface area is 159 Å². The highest BCUT2D eigenvalue weighted by Crippen LogP contribution is 2.28. The number of nitrogens with zero attached hydrogens (tertiary/aromatic N) is 1. The van der Waals surface area contributed by atoms with Gasteiger partial charge in [-0.15, -0.1) is 0 Å². The van der Waals surface area contributed by atoms with Gasteiger partial charge in [0.25, 0.3) is 5.91 Å². The van der Waals surface area contributed by atoms with E-state index >= 15 is 0 Å². The fraction of sp³-hybridized carbons (Fsp3) is 0.300. The molecule has 0 aliphatic heterocycles. The molecule has 0 bridgehead atoms. The van der Waals surface area contributed by atoms with Gasteiger partial charge >= 0.3 is 0 Å². The fourth-order valence-corrected chi connectivity index (χ4v) is 2.30. The summed E-state index contributed by atoms with van der Waals surface area (Å²) in [5.41, 5.74) is 4.00. The number of para-hydroxylation sites is 2. The van der Waals surface area contributed by atoms with E-state index < -0.39 is 0 Å². The number of carbonyl (C=O) groups is 1. The van der Waals surface area contributed by atoms with Gasteiger partial charge in [0.15, 0.2) is 11.5 Å². The molecular weight excluding hydrogens is 346 g/mol. The molecule has 2 aromatic rings. The molecule has 144 valence electrons. The van der Waals surface area contributed by atoms with E-state index in [-0.39, 0.29) is 18.6 Å². The van der Waals surface area contributed by atoms with Gasteiger partial charge in [0.2, 0.25) is 0 Å². The van der Waals surface area contributed by atoms with Crippen LogP contribution in [-0.4, -0.2) is 39.0 Å². The van der Waals surface area contributed by atoms with Gasteiger partial charge in [-0.2, -0.15) is 5.10 Å². The standard InChI is InChI=1S/C20H25N3O4/c1-14(2)27-18-10-9-15(11-19(18)26-4)12-22-23-20(24)13-21-16-7-5-6-8-17(16)25-3/h5-12,14,21H,13H2,1-4H3,(H,23,24). The minimum Gasteiger partial charge on any atom is -0.495 e. The van der Waals surface area contributed by atoms with E-state index in [0.29, 0.717) is 17.2 Å². The Morgan fingerprint density at radius 1 is 1.07 bits per heavy atom. The number of nitrogens with one attached hydrogen (secondary N) is 2. The van der Waals surface area contributed by atoms with Crippen molar-refractivity contribution in [2.75, 3.05) is 26.1 Å². The van der Waals surface area contributed by atoms with Gasteiger partial charge in [0.05, 0.1) is 38.8 Å². The van der Waals surface area contributed by atoms with Crippen molar-refractivity contribution >= 4 is 17.8 Å². The molecule has 2 rings (SSSR count). The molecule has 0 saturated carbocycles. The van der Waals surface area contributed by atoms with Gasteiger partial charge < -0.3 is 19.5 Å². The third-order valence-electron chi connectivity index (χ3n) is 3.50. The van der Waals surface area contributed by atoms with E-state index in [0.717, 1.165) is 11.3 Å². The number of amides is 1. The normalized spacial score (nSPS) is 10.7. The average molecular weight is 371 g/mol. The lowest BCUT2D eigenvalue weighted by Crippen LogP contribution is -2.26. The van der Waals surface area contributed by atoms with E-state index in [1.807, 2.05) is 50.2 Å². The zero-order valence-corrected chi connectivity index (χ0v) is 16.0. The van der Waals surface area contributed by atoms with Crippen molar-refractivity contribution in [1.29, 1.82) is 0 Å². The van der Waals surface area contributed by atoms with Crippen LogP contribution in [0.25, 0.3) is 0 Å². The third kappa shape index (κ3) is 6.22. The second-order valence-electron chi connectivity index (χ2n) is 5.92.